The van der Waals surface area contributed by atoms with E-state index in [4.69, 9.17) is 9.47 Å². The third-order valence-electron chi connectivity index (χ3n) is 8.28. The number of fused-ring (bicyclic) bond motifs is 3. The number of ether oxygens (including phenoxy) is 2. The van der Waals surface area contributed by atoms with Crippen LogP contribution < -0.4 is 9.47 Å². The molecule has 0 bridgehead atoms. The molecule has 38 heavy (non-hydrogen) atoms. The molecule has 0 aromatic heterocycles. The Labute approximate surface area is 225 Å². The third-order valence-corrected chi connectivity index (χ3v) is 8.28. The zero-order chi connectivity index (χ0) is 27.0. The van der Waals surface area contributed by atoms with Gasteiger partial charge in [-0.15, -0.1) is 0 Å². The number of hydrogen-bond donors (Lipinski definition) is 2. The lowest BCUT2D eigenvalue weighted by Gasteiger charge is -2.45. The molecule has 5 rings (SSSR count). The highest BCUT2D eigenvalue weighted by Crippen LogP contribution is 2.47. The summed E-state index contributed by atoms with van der Waals surface area (Å²) in [5, 5.41) is 20.0. The lowest BCUT2D eigenvalue weighted by Crippen LogP contribution is -2.55. The van der Waals surface area contributed by atoms with Crippen LogP contribution in [0.15, 0.2) is 42.1 Å². The minimum absolute atomic E-state index is 0.106. The number of benzene rings is 2. The molecule has 204 valence electrons. The second-order valence-corrected chi connectivity index (χ2v) is 10.9. The molecule has 2 fully saturated rings. The van der Waals surface area contributed by atoms with Gasteiger partial charge < -0.3 is 24.6 Å². The number of carbonyl (C=O) groups excluding carboxylic acids is 1. The third kappa shape index (κ3) is 4.77. The van der Waals surface area contributed by atoms with Crippen LogP contribution in [0.2, 0.25) is 0 Å². The van der Waals surface area contributed by atoms with Crippen LogP contribution in [0, 0.1) is 13.8 Å². The van der Waals surface area contributed by atoms with Gasteiger partial charge in [-0.2, -0.15) is 0 Å². The lowest BCUT2D eigenvalue weighted by atomic mass is 9.82. The summed E-state index contributed by atoms with van der Waals surface area (Å²) in [4.78, 5) is 20.0. The van der Waals surface area contributed by atoms with Crippen LogP contribution in [0.3, 0.4) is 0 Å². The number of aryl methyl sites for hydroxylation is 2. The van der Waals surface area contributed by atoms with E-state index in [1.165, 1.54) is 16.7 Å². The molecule has 0 aliphatic carbocycles. The number of aliphatic hydroxyl groups excluding tert-OH is 2. The fraction of sp³-hybridized carbons (Fsp3) is 0.500. The van der Waals surface area contributed by atoms with E-state index in [0.29, 0.717) is 18.7 Å². The summed E-state index contributed by atoms with van der Waals surface area (Å²) >= 11 is 0. The van der Waals surface area contributed by atoms with Gasteiger partial charge in [0.2, 0.25) is 0 Å². The molecule has 8 nitrogen and oxygen atoms in total. The second-order valence-electron chi connectivity index (χ2n) is 10.9. The number of nitrogens with zero attached hydrogens (tertiary/aromatic N) is 3. The van der Waals surface area contributed by atoms with Crippen molar-refractivity contribution in [3.63, 3.8) is 0 Å². The fourth-order valence-corrected chi connectivity index (χ4v) is 6.54. The van der Waals surface area contributed by atoms with Gasteiger partial charge in [0.05, 0.1) is 45.6 Å². The van der Waals surface area contributed by atoms with Gasteiger partial charge >= 0.3 is 6.03 Å². The van der Waals surface area contributed by atoms with Crippen molar-refractivity contribution in [2.45, 2.75) is 57.8 Å². The molecule has 0 saturated carbocycles. The Kier molecular flexibility index (Phi) is 7.40. The predicted octanol–water partition coefficient (Wildman–Crippen LogP) is 3.39. The molecular formula is C30H39N3O5. The summed E-state index contributed by atoms with van der Waals surface area (Å²) < 4.78 is 11.2. The molecule has 2 saturated heterocycles. The Morgan fingerprint density at radius 1 is 1.03 bits per heavy atom. The van der Waals surface area contributed by atoms with Crippen LogP contribution in [-0.2, 0) is 19.5 Å². The van der Waals surface area contributed by atoms with E-state index in [1.54, 1.807) is 14.2 Å². The number of carbonyl (C=O) groups is 1. The first-order valence-electron chi connectivity index (χ1n) is 13.4. The molecule has 3 aliphatic rings. The Balaban J connectivity index is 1.45. The molecule has 1 atom stereocenters. The van der Waals surface area contributed by atoms with Crippen LogP contribution in [0.5, 0.6) is 11.5 Å². The first kappa shape index (κ1) is 26.5. The highest BCUT2D eigenvalue weighted by Gasteiger charge is 2.55. The number of urea groups is 1. The van der Waals surface area contributed by atoms with Crippen LogP contribution in [-0.4, -0.2) is 83.0 Å². The monoisotopic (exact) mass is 521 g/mol. The van der Waals surface area contributed by atoms with Crippen LogP contribution >= 0.6 is 0 Å². The number of aliphatic hydroxyl groups is 2. The summed E-state index contributed by atoms with van der Waals surface area (Å²) in [6.07, 6.45) is 3.36. The fourth-order valence-electron chi connectivity index (χ4n) is 6.54. The molecule has 8 heteroatoms. The first-order chi connectivity index (χ1) is 18.3. The summed E-state index contributed by atoms with van der Waals surface area (Å²) in [5.41, 5.74) is 6.37. The maximum absolute atomic E-state index is 13.9. The molecule has 2 amide bonds. The van der Waals surface area contributed by atoms with Gasteiger partial charge in [-0.05, 0) is 50.3 Å². The van der Waals surface area contributed by atoms with Crippen molar-refractivity contribution in [2.75, 3.05) is 40.5 Å². The van der Waals surface area contributed by atoms with Crippen molar-refractivity contribution in [3.8, 4) is 11.5 Å². The minimum Gasteiger partial charge on any atom is -0.497 e. The largest absolute Gasteiger partial charge is 0.497 e. The van der Waals surface area contributed by atoms with E-state index in [2.05, 4.69) is 43.0 Å². The second kappa shape index (κ2) is 10.6. The SMILES string of the molecule is COc1cc2c(c(OC)c1)CC=C1N(C2)C(=O)N(CC(O)CO)C12CCN(Cc1cc(C)cc(C)c1)CC2. The molecule has 2 aromatic rings. The summed E-state index contributed by atoms with van der Waals surface area (Å²) in [7, 11) is 3.28. The van der Waals surface area contributed by atoms with Crippen molar-refractivity contribution >= 4 is 6.03 Å². The average Bonchev–Trinajstić information content (AvgIpc) is 3.02. The van der Waals surface area contributed by atoms with Gasteiger partial charge in [0.15, 0.2) is 0 Å². The summed E-state index contributed by atoms with van der Waals surface area (Å²) in [5.74, 6) is 1.45. The Morgan fingerprint density at radius 2 is 1.74 bits per heavy atom. The number of likely N-dealkylation sites (tertiary alicyclic amines) is 1. The molecule has 2 N–H and O–H groups in total. The van der Waals surface area contributed by atoms with Gasteiger partial charge in [-0.25, -0.2) is 4.79 Å². The number of methoxy groups -OCH3 is 2. The highest BCUT2D eigenvalue weighted by molar-refractivity contribution is 5.83. The van der Waals surface area contributed by atoms with Crippen LogP contribution in [0.4, 0.5) is 4.79 Å². The zero-order valence-electron chi connectivity index (χ0n) is 22.9. The normalized spacial score (nSPS) is 19.6. The predicted molar refractivity (Wildman–Crippen MR) is 145 cm³/mol. The van der Waals surface area contributed by atoms with Crippen molar-refractivity contribution < 1.29 is 24.5 Å². The standard InChI is InChI=1S/C30H39N3O5/c1-20-11-21(2)13-22(12-20)16-31-9-7-30(8-10-31)28-6-5-26-23(14-25(37-3)15-27(26)38-4)17-32(28)29(36)33(30)18-24(35)19-34/h6,11-15,24,34-35H,5,7-10,16-19H2,1-4H3. The zero-order valence-corrected chi connectivity index (χ0v) is 22.9. The number of allylic oxidation sites excluding steroid dienone is 1. The van der Waals surface area contributed by atoms with E-state index >= 15 is 0 Å². The number of hydrogen-bond acceptors (Lipinski definition) is 6. The molecule has 1 unspecified atom stereocenters. The Bertz CT molecular complexity index is 1210. The van der Waals surface area contributed by atoms with Crippen molar-refractivity contribution in [3.05, 3.63) is 69.9 Å². The van der Waals surface area contributed by atoms with Gasteiger partial charge in [0.1, 0.15) is 11.5 Å². The van der Waals surface area contributed by atoms with Crippen LogP contribution in [0.1, 0.15) is 40.7 Å². The van der Waals surface area contributed by atoms with Crippen molar-refractivity contribution in [2.24, 2.45) is 0 Å². The summed E-state index contributed by atoms with van der Waals surface area (Å²) in [6.45, 7) is 6.94. The van der Waals surface area contributed by atoms with Gasteiger partial charge in [-0.3, -0.25) is 9.80 Å². The van der Waals surface area contributed by atoms with E-state index in [9.17, 15) is 15.0 Å². The van der Waals surface area contributed by atoms with Gasteiger partial charge in [0, 0.05) is 37.0 Å². The Hall–Kier alpha value is -3.07. The number of rotatable bonds is 7. The summed E-state index contributed by atoms with van der Waals surface area (Å²) in [6, 6.07) is 10.4. The number of amides is 2. The van der Waals surface area contributed by atoms with E-state index in [-0.39, 0.29) is 19.2 Å². The quantitative estimate of drug-likeness (QED) is 0.581. The van der Waals surface area contributed by atoms with E-state index in [0.717, 1.165) is 55.0 Å². The lowest BCUT2D eigenvalue weighted by molar-refractivity contribution is 0.0281. The van der Waals surface area contributed by atoms with E-state index in [1.807, 2.05) is 21.9 Å². The van der Waals surface area contributed by atoms with Crippen LogP contribution in [0.25, 0.3) is 0 Å². The first-order valence-corrected chi connectivity index (χ1v) is 13.4. The molecule has 1 spiro atoms. The van der Waals surface area contributed by atoms with Crippen molar-refractivity contribution in [1.82, 2.24) is 14.7 Å². The molecule has 2 aromatic carbocycles. The Morgan fingerprint density at radius 3 is 2.37 bits per heavy atom. The number of piperidine rings is 1. The highest BCUT2D eigenvalue weighted by atomic mass is 16.5. The minimum atomic E-state index is -0.985. The maximum atomic E-state index is 13.9. The smallest absolute Gasteiger partial charge is 0.325 e. The molecule has 3 aliphatic heterocycles. The topological polar surface area (TPSA) is 85.7 Å². The average molecular weight is 522 g/mol. The van der Waals surface area contributed by atoms with Gasteiger partial charge in [-0.1, -0.05) is 35.4 Å². The van der Waals surface area contributed by atoms with E-state index < -0.39 is 11.6 Å². The molecule has 0 radical (unpaired) electrons. The maximum Gasteiger partial charge on any atom is 0.325 e. The molecule has 3 heterocycles. The number of β-amino-alcohol motifs (C(OH)–C–C–N with tert-alkyl or cyclic N) is 1. The van der Waals surface area contributed by atoms with Crippen molar-refractivity contribution in [1.29, 1.82) is 0 Å². The van der Waals surface area contributed by atoms with Gasteiger partial charge in [0.25, 0.3) is 0 Å². The molecular weight excluding hydrogens is 482 g/mol.